The number of unbranched alkanes of at least 4 members (excludes halogenated alkanes) is 15. The Balaban J connectivity index is 0. The maximum Gasteiger partial charge on any atom is 0.158 e. The third-order valence-corrected chi connectivity index (χ3v) is 8.45. The van der Waals surface area contributed by atoms with E-state index >= 15 is 0 Å². The van der Waals surface area contributed by atoms with Crippen molar-refractivity contribution in [2.75, 3.05) is 25.2 Å². The van der Waals surface area contributed by atoms with Gasteiger partial charge in [0, 0.05) is 0 Å². The Morgan fingerprint density at radius 1 is 0.462 bits per heavy atom. The zero-order valence-corrected chi connectivity index (χ0v) is 19.8. The van der Waals surface area contributed by atoms with Crippen LogP contribution >= 0.6 is 7.26 Å². The topological polar surface area (TPSA) is 60.7 Å². The van der Waals surface area contributed by atoms with Crippen molar-refractivity contribution in [1.29, 1.82) is 0 Å². The molecule has 160 valence electrons. The third-order valence-electron chi connectivity index (χ3n) is 5.39. The van der Waals surface area contributed by atoms with Gasteiger partial charge in [-0.15, -0.1) is 0 Å². The van der Waals surface area contributed by atoms with Crippen LogP contribution in [0.2, 0.25) is 0 Å². The van der Waals surface area contributed by atoms with E-state index in [9.17, 15) is 15.3 Å². The molecule has 0 saturated carbocycles. The minimum atomic E-state index is -1.86. The highest BCUT2D eigenvalue weighted by Crippen LogP contribution is 2.56. The van der Waals surface area contributed by atoms with Crippen molar-refractivity contribution in [3.8, 4) is 0 Å². The second kappa shape index (κ2) is 22.1. The summed E-state index contributed by atoms with van der Waals surface area (Å²) in [7, 11) is -1.86. The first-order valence-corrected chi connectivity index (χ1v) is 13.5. The number of rotatable bonds is 20. The van der Waals surface area contributed by atoms with Crippen LogP contribution in [0, 0.1) is 0 Å². The fourth-order valence-corrected chi connectivity index (χ4v) is 4.93. The standard InChI is InChI=1S/C21H46O3P.BrH/c1-2-3-4-5-6-7-8-9-10-11-12-13-14-15-16-17-18-25(19-22,20-23)21-24;/h22-24H,2-21H2,1H3;1H/q+1;/p-1. The molecule has 0 bridgehead atoms. The van der Waals surface area contributed by atoms with Crippen LogP contribution in [0.1, 0.15) is 110 Å². The summed E-state index contributed by atoms with van der Waals surface area (Å²) in [5.41, 5.74) is 0. The fourth-order valence-electron chi connectivity index (χ4n) is 3.34. The Bertz CT molecular complexity index is 255. The molecule has 5 heteroatoms. The number of aliphatic hydroxyl groups is 3. The van der Waals surface area contributed by atoms with Crippen molar-refractivity contribution in [3.63, 3.8) is 0 Å². The molecule has 0 atom stereocenters. The first kappa shape index (κ1) is 29.0. The van der Waals surface area contributed by atoms with Gasteiger partial charge in [0.25, 0.3) is 0 Å². The summed E-state index contributed by atoms with van der Waals surface area (Å²) >= 11 is 0. The van der Waals surface area contributed by atoms with E-state index in [2.05, 4.69) is 6.92 Å². The Morgan fingerprint density at radius 2 is 0.731 bits per heavy atom. The molecule has 26 heavy (non-hydrogen) atoms. The van der Waals surface area contributed by atoms with Crippen molar-refractivity contribution < 1.29 is 32.3 Å². The molecule has 0 aliphatic heterocycles. The van der Waals surface area contributed by atoms with Gasteiger partial charge in [0.05, 0.1) is 13.4 Å². The summed E-state index contributed by atoms with van der Waals surface area (Å²) in [4.78, 5) is 0. The molecule has 0 spiro atoms. The van der Waals surface area contributed by atoms with Gasteiger partial charge in [-0.1, -0.05) is 96.8 Å². The normalized spacial score (nSPS) is 11.5. The molecule has 0 aliphatic rings. The molecule has 0 amide bonds. The van der Waals surface area contributed by atoms with Gasteiger partial charge in [0.2, 0.25) is 0 Å². The number of hydrogen-bond acceptors (Lipinski definition) is 3. The predicted octanol–water partition coefficient (Wildman–Crippen LogP) is 3.12. The van der Waals surface area contributed by atoms with Crippen molar-refractivity contribution in [3.05, 3.63) is 0 Å². The van der Waals surface area contributed by atoms with E-state index in [0.29, 0.717) is 0 Å². The minimum absolute atomic E-state index is 0. The summed E-state index contributed by atoms with van der Waals surface area (Å²) in [5.74, 6) is 0. The molecule has 3 N–H and O–H groups in total. The van der Waals surface area contributed by atoms with Crippen LogP contribution in [-0.4, -0.2) is 40.5 Å². The van der Waals surface area contributed by atoms with Crippen LogP contribution in [0.3, 0.4) is 0 Å². The van der Waals surface area contributed by atoms with Gasteiger partial charge in [-0.2, -0.15) is 0 Å². The molecule has 0 rings (SSSR count). The van der Waals surface area contributed by atoms with Crippen molar-refractivity contribution >= 4 is 7.26 Å². The summed E-state index contributed by atoms with van der Waals surface area (Å²) < 4.78 is 0. The van der Waals surface area contributed by atoms with Gasteiger partial charge in [0.15, 0.2) is 19.0 Å². The van der Waals surface area contributed by atoms with Gasteiger partial charge in [-0.05, 0) is 12.8 Å². The SMILES string of the molecule is CCCCCCCCCCCCCCCCCC[P+](CO)(CO)CO.[Br-]. The molecule has 0 radical (unpaired) electrons. The van der Waals surface area contributed by atoms with E-state index in [1.54, 1.807) is 0 Å². The number of hydrogen-bond donors (Lipinski definition) is 3. The van der Waals surface area contributed by atoms with E-state index in [1.807, 2.05) is 0 Å². The molecular weight excluding hydrogens is 411 g/mol. The van der Waals surface area contributed by atoms with Crippen LogP contribution in [0.4, 0.5) is 0 Å². The van der Waals surface area contributed by atoms with Crippen molar-refractivity contribution in [1.82, 2.24) is 0 Å². The zero-order valence-electron chi connectivity index (χ0n) is 17.3. The highest BCUT2D eigenvalue weighted by atomic mass is 79.9. The van der Waals surface area contributed by atoms with Gasteiger partial charge in [0.1, 0.15) is 0 Å². The number of halogens is 1. The van der Waals surface area contributed by atoms with Gasteiger partial charge in [-0.25, -0.2) is 0 Å². The first-order valence-electron chi connectivity index (χ1n) is 10.9. The summed E-state index contributed by atoms with van der Waals surface area (Å²) in [6.07, 6.45) is 22.4. The molecule has 0 aromatic carbocycles. The predicted molar refractivity (Wildman–Crippen MR) is 113 cm³/mol. The molecule has 0 aromatic rings. The Morgan fingerprint density at radius 3 is 1.00 bits per heavy atom. The van der Waals surface area contributed by atoms with E-state index in [4.69, 9.17) is 0 Å². The summed E-state index contributed by atoms with van der Waals surface area (Å²) in [6, 6.07) is 0. The van der Waals surface area contributed by atoms with Crippen LogP contribution in [0.25, 0.3) is 0 Å². The van der Waals surface area contributed by atoms with Gasteiger partial charge >= 0.3 is 0 Å². The smallest absolute Gasteiger partial charge is 0.158 e. The van der Waals surface area contributed by atoms with Crippen LogP contribution in [0.5, 0.6) is 0 Å². The van der Waals surface area contributed by atoms with Crippen molar-refractivity contribution in [2.45, 2.75) is 110 Å². The monoisotopic (exact) mass is 456 g/mol. The Labute approximate surface area is 174 Å². The molecule has 0 unspecified atom stereocenters. The maximum atomic E-state index is 9.33. The van der Waals surface area contributed by atoms with E-state index in [1.165, 1.54) is 96.3 Å². The molecular formula is C21H46BrO3P. The summed E-state index contributed by atoms with van der Waals surface area (Å²) in [5, 5.41) is 28.0. The van der Waals surface area contributed by atoms with E-state index < -0.39 is 7.26 Å². The molecule has 0 aromatic heterocycles. The largest absolute Gasteiger partial charge is 1.00 e. The van der Waals surface area contributed by atoms with Crippen molar-refractivity contribution in [2.24, 2.45) is 0 Å². The maximum absolute atomic E-state index is 9.33. The lowest BCUT2D eigenvalue weighted by atomic mass is 10.0. The highest BCUT2D eigenvalue weighted by Gasteiger charge is 2.34. The summed E-state index contributed by atoms with van der Waals surface area (Å²) in [6.45, 7) is 2.28. The second-order valence-corrected chi connectivity index (χ2v) is 11.8. The lowest BCUT2D eigenvalue weighted by Gasteiger charge is -2.19. The molecule has 3 nitrogen and oxygen atoms in total. The lowest BCUT2D eigenvalue weighted by Crippen LogP contribution is -3.00. The number of aliphatic hydroxyl groups excluding tert-OH is 3. The molecule has 0 aliphatic carbocycles. The molecule has 0 saturated heterocycles. The molecule has 0 fully saturated rings. The van der Waals surface area contributed by atoms with E-state index in [0.717, 1.165) is 12.6 Å². The Hall–Kier alpha value is 0.790. The van der Waals surface area contributed by atoms with Gasteiger partial charge < -0.3 is 32.3 Å². The zero-order chi connectivity index (χ0) is 18.6. The third kappa shape index (κ3) is 16.9. The minimum Gasteiger partial charge on any atom is -1.00 e. The first-order chi connectivity index (χ1) is 12.2. The quantitative estimate of drug-likeness (QED) is 0.195. The van der Waals surface area contributed by atoms with Gasteiger partial charge in [-0.3, -0.25) is 0 Å². The second-order valence-electron chi connectivity index (χ2n) is 7.79. The van der Waals surface area contributed by atoms with Crippen LogP contribution < -0.4 is 17.0 Å². The van der Waals surface area contributed by atoms with Crippen LogP contribution in [0.15, 0.2) is 0 Å². The molecule has 0 heterocycles. The van der Waals surface area contributed by atoms with E-state index in [-0.39, 0.29) is 36.0 Å². The average Bonchev–Trinajstić information content (AvgIpc) is 2.65. The van der Waals surface area contributed by atoms with Crippen LogP contribution in [-0.2, 0) is 0 Å². The lowest BCUT2D eigenvalue weighted by molar-refractivity contribution is -0.00000807. The highest BCUT2D eigenvalue weighted by molar-refractivity contribution is 7.75. The fraction of sp³-hybridized carbons (Fsp3) is 1.00. The Kier molecular flexibility index (Phi) is 24.6. The average molecular weight is 457 g/mol.